The molecular weight excluding hydrogens is 226 g/mol. The van der Waals surface area contributed by atoms with Gasteiger partial charge in [0.1, 0.15) is 0 Å². The quantitative estimate of drug-likeness (QED) is 0.827. The molecule has 0 saturated carbocycles. The summed E-state index contributed by atoms with van der Waals surface area (Å²) in [5.74, 6) is 0.557. The van der Waals surface area contributed by atoms with Gasteiger partial charge in [0.25, 0.3) is 0 Å². The van der Waals surface area contributed by atoms with E-state index in [9.17, 15) is 4.79 Å². The summed E-state index contributed by atoms with van der Waals surface area (Å²) in [5, 5.41) is 8.72. The number of thioether (sulfide) groups is 1. The van der Waals surface area contributed by atoms with Crippen molar-refractivity contribution in [3.8, 4) is 5.88 Å². The van der Waals surface area contributed by atoms with Gasteiger partial charge in [0.2, 0.25) is 5.88 Å². The lowest BCUT2D eigenvalue weighted by molar-refractivity contribution is -0.136. The Kier molecular flexibility index (Phi) is 5.11. The van der Waals surface area contributed by atoms with E-state index in [0.717, 1.165) is 5.56 Å². The molecule has 0 aliphatic carbocycles. The molecule has 4 nitrogen and oxygen atoms in total. The zero-order valence-electron chi connectivity index (χ0n) is 9.34. The zero-order chi connectivity index (χ0) is 12.0. The summed E-state index contributed by atoms with van der Waals surface area (Å²) < 4.78 is 5.12. The van der Waals surface area contributed by atoms with E-state index in [-0.39, 0.29) is 11.7 Å². The molecule has 1 heterocycles. The van der Waals surface area contributed by atoms with Crippen LogP contribution in [0, 0.1) is 0 Å². The lowest BCUT2D eigenvalue weighted by Crippen LogP contribution is -2.06. The summed E-state index contributed by atoms with van der Waals surface area (Å²) in [4.78, 5) is 14.6. The van der Waals surface area contributed by atoms with E-state index >= 15 is 0 Å². The zero-order valence-corrected chi connectivity index (χ0v) is 10.2. The molecule has 0 fully saturated rings. The second-order valence-corrected chi connectivity index (χ2v) is 4.82. The van der Waals surface area contributed by atoms with Crippen molar-refractivity contribution >= 4 is 17.7 Å². The minimum atomic E-state index is -0.766. The highest BCUT2D eigenvalue weighted by molar-refractivity contribution is 7.99. The average molecular weight is 241 g/mol. The predicted octanol–water partition coefficient (Wildman–Crippen LogP) is 2.19. The van der Waals surface area contributed by atoms with Gasteiger partial charge in [-0.2, -0.15) is 11.8 Å². The number of nitrogens with zero attached hydrogens (tertiary/aromatic N) is 1. The van der Waals surface area contributed by atoms with Crippen molar-refractivity contribution < 1.29 is 14.6 Å². The average Bonchev–Trinajstić information content (AvgIpc) is 2.26. The van der Waals surface area contributed by atoms with Crippen molar-refractivity contribution in [1.29, 1.82) is 0 Å². The fourth-order valence-electron chi connectivity index (χ4n) is 1.25. The molecule has 0 saturated heterocycles. The number of carbonyl (C=O) groups is 1. The third-order valence-corrected chi connectivity index (χ3v) is 3.24. The first-order valence-electron chi connectivity index (χ1n) is 4.94. The van der Waals surface area contributed by atoms with Crippen molar-refractivity contribution in [3.63, 3.8) is 0 Å². The lowest BCUT2D eigenvalue weighted by atomic mass is 10.3. The van der Waals surface area contributed by atoms with Crippen molar-refractivity contribution in [2.45, 2.75) is 24.3 Å². The van der Waals surface area contributed by atoms with Crippen molar-refractivity contribution in [3.05, 3.63) is 23.9 Å². The molecule has 0 spiro atoms. The van der Waals surface area contributed by atoms with Crippen molar-refractivity contribution in [1.82, 2.24) is 4.98 Å². The molecule has 1 atom stereocenters. The molecule has 0 radical (unpaired) electrons. The molecule has 1 aromatic rings. The third-order valence-electron chi connectivity index (χ3n) is 2.03. The van der Waals surface area contributed by atoms with Gasteiger partial charge < -0.3 is 9.84 Å². The van der Waals surface area contributed by atoms with Crippen LogP contribution in [0.3, 0.4) is 0 Å². The summed E-state index contributed by atoms with van der Waals surface area (Å²) in [6.45, 7) is 1.90. The number of rotatable bonds is 6. The van der Waals surface area contributed by atoms with Crippen LogP contribution in [0.5, 0.6) is 5.88 Å². The normalized spacial score (nSPS) is 12.1. The summed E-state index contributed by atoms with van der Waals surface area (Å²) in [6, 6.07) is 3.78. The monoisotopic (exact) mass is 241 g/mol. The molecule has 0 aliphatic rings. The molecule has 1 rings (SSSR count). The number of hydrogen-bond donors (Lipinski definition) is 1. The number of aromatic nitrogens is 1. The Morgan fingerprint density at radius 1 is 1.69 bits per heavy atom. The maximum absolute atomic E-state index is 10.5. The molecule has 88 valence electrons. The van der Waals surface area contributed by atoms with Crippen molar-refractivity contribution in [2.24, 2.45) is 0 Å². The maximum atomic E-state index is 10.5. The van der Waals surface area contributed by atoms with Gasteiger partial charge in [-0.3, -0.25) is 4.79 Å². The first-order chi connectivity index (χ1) is 7.63. The second kappa shape index (κ2) is 6.37. The summed E-state index contributed by atoms with van der Waals surface area (Å²) >= 11 is 1.59. The van der Waals surface area contributed by atoms with E-state index in [4.69, 9.17) is 9.84 Å². The van der Waals surface area contributed by atoms with Gasteiger partial charge in [-0.05, 0) is 6.07 Å². The van der Waals surface area contributed by atoms with Crippen molar-refractivity contribution in [2.75, 3.05) is 7.11 Å². The van der Waals surface area contributed by atoms with Crippen LogP contribution in [0.4, 0.5) is 0 Å². The maximum Gasteiger partial charge on any atom is 0.304 e. The van der Waals surface area contributed by atoms with E-state index < -0.39 is 5.97 Å². The first kappa shape index (κ1) is 12.8. The van der Waals surface area contributed by atoms with E-state index in [1.54, 1.807) is 25.1 Å². The van der Waals surface area contributed by atoms with Crippen LogP contribution in [-0.2, 0) is 10.5 Å². The molecule has 0 bridgehead atoms. The Hall–Kier alpha value is -1.23. The summed E-state index contributed by atoms with van der Waals surface area (Å²) in [7, 11) is 1.58. The molecule has 1 unspecified atom stereocenters. The standard InChI is InChI=1S/C11H15NO3S/c1-8(6-10(13)14)16-7-9-4-3-5-12-11(9)15-2/h3-5,8H,6-7H2,1-2H3,(H,13,14). The van der Waals surface area contributed by atoms with E-state index in [1.807, 2.05) is 19.1 Å². The van der Waals surface area contributed by atoms with E-state index in [0.29, 0.717) is 11.6 Å². The van der Waals surface area contributed by atoms with Gasteiger partial charge >= 0.3 is 5.97 Å². The number of hydrogen-bond acceptors (Lipinski definition) is 4. The van der Waals surface area contributed by atoms with Gasteiger partial charge in [0, 0.05) is 22.8 Å². The fraction of sp³-hybridized carbons (Fsp3) is 0.455. The Morgan fingerprint density at radius 2 is 2.44 bits per heavy atom. The topological polar surface area (TPSA) is 59.4 Å². The third kappa shape index (κ3) is 4.10. The number of ether oxygens (including phenoxy) is 1. The predicted molar refractivity (Wildman–Crippen MR) is 63.8 cm³/mol. The van der Waals surface area contributed by atoms with Gasteiger partial charge in [-0.15, -0.1) is 0 Å². The van der Waals surface area contributed by atoms with Gasteiger partial charge in [0.05, 0.1) is 13.5 Å². The SMILES string of the molecule is COc1ncccc1CSC(C)CC(=O)O. The van der Waals surface area contributed by atoms with Crippen LogP contribution in [0.25, 0.3) is 0 Å². The van der Waals surface area contributed by atoms with Crippen LogP contribution in [0.2, 0.25) is 0 Å². The largest absolute Gasteiger partial charge is 0.481 e. The molecule has 0 aliphatic heterocycles. The van der Waals surface area contributed by atoms with Crippen LogP contribution < -0.4 is 4.74 Å². The Morgan fingerprint density at radius 3 is 3.06 bits per heavy atom. The van der Waals surface area contributed by atoms with Crippen LogP contribution in [0.15, 0.2) is 18.3 Å². The number of methoxy groups -OCH3 is 1. The minimum absolute atomic E-state index is 0.0856. The van der Waals surface area contributed by atoms with E-state index in [2.05, 4.69) is 4.98 Å². The lowest BCUT2D eigenvalue weighted by Gasteiger charge is -2.10. The number of carboxylic acid groups (broad SMARTS) is 1. The summed E-state index contributed by atoms with van der Waals surface area (Å²) in [5.41, 5.74) is 0.993. The van der Waals surface area contributed by atoms with Crippen LogP contribution >= 0.6 is 11.8 Å². The first-order valence-corrected chi connectivity index (χ1v) is 5.99. The number of carboxylic acids is 1. The number of aliphatic carboxylic acids is 1. The Bertz CT molecular complexity index is 357. The second-order valence-electron chi connectivity index (χ2n) is 3.39. The Labute approximate surface area is 99.0 Å². The van der Waals surface area contributed by atoms with E-state index in [1.165, 1.54) is 0 Å². The number of pyridine rings is 1. The molecule has 0 aromatic carbocycles. The molecule has 16 heavy (non-hydrogen) atoms. The highest BCUT2D eigenvalue weighted by Gasteiger charge is 2.10. The summed E-state index contributed by atoms with van der Waals surface area (Å²) in [6.07, 6.45) is 1.85. The highest BCUT2D eigenvalue weighted by atomic mass is 32.2. The molecular formula is C11H15NO3S. The van der Waals surface area contributed by atoms with Gasteiger partial charge in [0.15, 0.2) is 0 Å². The fourth-order valence-corrected chi connectivity index (χ4v) is 2.20. The molecule has 1 N–H and O–H groups in total. The highest BCUT2D eigenvalue weighted by Crippen LogP contribution is 2.24. The molecule has 1 aromatic heterocycles. The van der Waals surface area contributed by atoms with Gasteiger partial charge in [-0.1, -0.05) is 13.0 Å². The Balaban J connectivity index is 2.50. The molecule has 0 amide bonds. The smallest absolute Gasteiger partial charge is 0.304 e. The van der Waals surface area contributed by atoms with Crippen LogP contribution in [0.1, 0.15) is 18.9 Å². The van der Waals surface area contributed by atoms with Gasteiger partial charge in [-0.25, -0.2) is 4.98 Å². The minimum Gasteiger partial charge on any atom is -0.481 e. The van der Waals surface area contributed by atoms with Crippen LogP contribution in [-0.4, -0.2) is 28.4 Å². The molecule has 5 heteroatoms.